The Bertz CT molecular complexity index is 364. The number of halogens is 1. The van der Waals surface area contributed by atoms with Gasteiger partial charge in [0.25, 0.3) is 5.91 Å². The van der Waals surface area contributed by atoms with Gasteiger partial charge in [0.15, 0.2) is 10.4 Å². The summed E-state index contributed by atoms with van der Waals surface area (Å²) < 4.78 is 5.71. The van der Waals surface area contributed by atoms with Crippen molar-refractivity contribution in [3.05, 3.63) is 22.6 Å². The highest BCUT2D eigenvalue weighted by Gasteiger charge is 2.26. The zero-order valence-electron chi connectivity index (χ0n) is 8.20. The Labute approximate surface area is 96.3 Å². The van der Waals surface area contributed by atoms with Crippen molar-refractivity contribution in [2.75, 3.05) is 0 Å². The van der Waals surface area contributed by atoms with E-state index in [4.69, 9.17) is 10.2 Å². The molecule has 1 aromatic heterocycles. The second kappa shape index (κ2) is 4.37. The first-order valence-electron chi connectivity index (χ1n) is 4.98. The average molecular weight is 273 g/mol. The van der Waals surface area contributed by atoms with E-state index in [9.17, 15) is 4.79 Å². The van der Waals surface area contributed by atoms with Gasteiger partial charge in [-0.1, -0.05) is 0 Å². The molecular weight excluding hydrogens is 260 g/mol. The molecule has 2 atom stereocenters. The topological polar surface area (TPSA) is 68.3 Å². The van der Waals surface area contributed by atoms with E-state index < -0.39 is 0 Å². The van der Waals surface area contributed by atoms with Crippen LogP contribution in [0.1, 0.15) is 29.8 Å². The Morgan fingerprint density at radius 3 is 2.87 bits per heavy atom. The molecule has 0 saturated heterocycles. The molecule has 5 heteroatoms. The number of amides is 1. The zero-order chi connectivity index (χ0) is 10.8. The van der Waals surface area contributed by atoms with Crippen LogP contribution in [0, 0.1) is 0 Å². The highest BCUT2D eigenvalue weighted by molar-refractivity contribution is 9.10. The van der Waals surface area contributed by atoms with Crippen LogP contribution in [0.25, 0.3) is 0 Å². The summed E-state index contributed by atoms with van der Waals surface area (Å²) in [5.74, 6) is 0.129. The van der Waals surface area contributed by atoms with E-state index in [1.807, 2.05) is 0 Å². The smallest absolute Gasteiger partial charge is 0.287 e. The molecule has 0 spiro atoms. The Morgan fingerprint density at radius 1 is 1.53 bits per heavy atom. The van der Waals surface area contributed by atoms with Crippen molar-refractivity contribution in [1.29, 1.82) is 0 Å². The summed E-state index contributed by atoms with van der Waals surface area (Å²) in [5, 5.41) is 2.88. The van der Waals surface area contributed by atoms with Gasteiger partial charge >= 0.3 is 0 Å². The number of carbonyl (C=O) groups excluding carboxylic acids is 1. The molecule has 0 aromatic carbocycles. The maximum Gasteiger partial charge on any atom is 0.287 e. The summed E-state index contributed by atoms with van der Waals surface area (Å²) >= 11 is 3.15. The number of nitrogens with two attached hydrogens (primary N) is 1. The molecule has 1 saturated carbocycles. The van der Waals surface area contributed by atoms with Crippen LogP contribution < -0.4 is 11.1 Å². The highest BCUT2D eigenvalue weighted by atomic mass is 79.9. The summed E-state index contributed by atoms with van der Waals surface area (Å²) in [6.07, 6.45) is 3.01. The normalized spacial score (nSPS) is 25.5. The molecule has 1 amide bonds. The molecule has 1 heterocycles. The monoisotopic (exact) mass is 272 g/mol. The highest BCUT2D eigenvalue weighted by Crippen LogP contribution is 2.19. The minimum atomic E-state index is -0.192. The van der Waals surface area contributed by atoms with Crippen molar-refractivity contribution in [2.45, 2.75) is 31.3 Å². The van der Waals surface area contributed by atoms with Gasteiger partial charge in [0.2, 0.25) is 0 Å². The van der Waals surface area contributed by atoms with E-state index in [1.54, 1.807) is 12.1 Å². The fraction of sp³-hybridized carbons (Fsp3) is 0.500. The average Bonchev–Trinajstić information content (AvgIpc) is 2.77. The lowest BCUT2D eigenvalue weighted by molar-refractivity contribution is 0.0905. The van der Waals surface area contributed by atoms with Crippen LogP contribution in [-0.2, 0) is 0 Å². The minimum absolute atomic E-state index is 0.0763. The number of hydrogen-bond acceptors (Lipinski definition) is 3. The summed E-state index contributed by atoms with van der Waals surface area (Å²) in [6.45, 7) is 0. The molecule has 3 N–H and O–H groups in total. The van der Waals surface area contributed by atoms with Crippen molar-refractivity contribution < 1.29 is 9.21 Å². The molecule has 4 nitrogen and oxygen atoms in total. The van der Waals surface area contributed by atoms with Gasteiger partial charge in [-0.05, 0) is 47.3 Å². The predicted octanol–water partition coefficient (Wildman–Crippen LogP) is 1.65. The van der Waals surface area contributed by atoms with Gasteiger partial charge in [0, 0.05) is 12.1 Å². The van der Waals surface area contributed by atoms with Gasteiger partial charge in [-0.15, -0.1) is 0 Å². The van der Waals surface area contributed by atoms with Crippen molar-refractivity contribution >= 4 is 21.8 Å². The molecule has 1 aliphatic carbocycles. The molecule has 1 aliphatic rings. The van der Waals surface area contributed by atoms with Crippen molar-refractivity contribution in [1.82, 2.24) is 5.32 Å². The van der Waals surface area contributed by atoms with Gasteiger partial charge in [-0.25, -0.2) is 0 Å². The van der Waals surface area contributed by atoms with Gasteiger partial charge < -0.3 is 15.5 Å². The van der Waals surface area contributed by atoms with Crippen molar-refractivity contribution in [3.8, 4) is 0 Å². The molecule has 0 aliphatic heterocycles. The molecule has 1 fully saturated rings. The Morgan fingerprint density at radius 2 is 2.33 bits per heavy atom. The third-order valence-electron chi connectivity index (χ3n) is 2.68. The zero-order valence-corrected chi connectivity index (χ0v) is 9.79. The molecule has 0 bridgehead atoms. The van der Waals surface area contributed by atoms with Gasteiger partial charge in [0.05, 0.1) is 0 Å². The van der Waals surface area contributed by atoms with Crippen molar-refractivity contribution in [3.63, 3.8) is 0 Å². The lowest BCUT2D eigenvalue weighted by Crippen LogP contribution is -2.43. The second-order valence-corrected chi connectivity index (χ2v) is 4.56. The van der Waals surface area contributed by atoms with E-state index >= 15 is 0 Å². The number of carbonyl (C=O) groups is 1. The van der Waals surface area contributed by atoms with Gasteiger partial charge in [-0.2, -0.15) is 0 Å². The number of nitrogens with one attached hydrogen (secondary N) is 1. The van der Waals surface area contributed by atoms with Crippen LogP contribution in [0.4, 0.5) is 0 Å². The standard InChI is InChI=1S/C10H13BrN2O2/c11-9-5-4-8(15-9)10(14)13-7-3-1-2-6(7)12/h4-7H,1-3,12H2,(H,13,14). The quantitative estimate of drug-likeness (QED) is 0.860. The first-order valence-corrected chi connectivity index (χ1v) is 5.78. The summed E-state index contributed by atoms with van der Waals surface area (Å²) in [6, 6.07) is 3.50. The van der Waals surface area contributed by atoms with Crippen LogP contribution in [-0.4, -0.2) is 18.0 Å². The second-order valence-electron chi connectivity index (χ2n) is 3.78. The molecule has 2 rings (SSSR count). The first kappa shape index (κ1) is 10.7. The lowest BCUT2D eigenvalue weighted by atomic mass is 10.2. The van der Waals surface area contributed by atoms with E-state index in [2.05, 4.69) is 21.2 Å². The SMILES string of the molecule is NC1CCCC1NC(=O)c1ccc(Br)o1. The minimum Gasteiger partial charge on any atom is -0.444 e. The van der Waals surface area contributed by atoms with Gasteiger partial charge in [-0.3, -0.25) is 4.79 Å². The van der Waals surface area contributed by atoms with Crippen LogP contribution in [0.2, 0.25) is 0 Å². The third-order valence-corrected chi connectivity index (χ3v) is 3.11. The first-order chi connectivity index (χ1) is 7.16. The predicted molar refractivity (Wildman–Crippen MR) is 59.5 cm³/mol. The maximum absolute atomic E-state index is 11.7. The summed E-state index contributed by atoms with van der Waals surface area (Å²) in [4.78, 5) is 11.7. The van der Waals surface area contributed by atoms with Crippen LogP contribution >= 0.6 is 15.9 Å². The van der Waals surface area contributed by atoms with Crippen molar-refractivity contribution in [2.24, 2.45) is 5.73 Å². The molecule has 1 aromatic rings. The van der Waals surface area contributed by atoms with Crippen LogP contribution in [0.3, 0.4) is 0 Å². The Kier molecular flexibility index (Phi) is 3.11. The summed E-state index contributed by atoms with van der Waals surface area (Å²) in [5.41, 5.74) is 5.86. The molecule has 2 unspecified atom stereocenters. The molecular formula is C10H13BrN2O2. The number of furan rings is 1. The van der Waals surface area contributed by atoms with Crippen LogP contribution in [0.15, 0.2) is 21.2 Å². The third kappa shape index (κ3) is 2.41. The Balaban J connectivity index is 1.97. The fourth-order valence-corrected chi connectivity index (χ4v) is 2.15. The van der Waals surface area contributed by atoms with E-state index in [0.717, 1.165) is 19.3 Å². The van der Waals surface area contributed by atoms with E-state index in [0.29, 0.717) is 10.4 Å². The fourth-order valence-electron chi connectivity index (χ4n) is 1.84. The van der Waals surface area contributed by atoms with E-state index in [-0.39, 0.29) is 18.0 Å². The molecule has 82 valence electrons. The number of rotatable bonds is 2. The molecule has 15 heavy (non-hydrogen) atoms. The van der Waals surface area contributed by atoms with E-state index in [1.165, 1.54) is 0 Å². The lowest BCUT2D eigenvalue weighted by Gasteiger charge is -2.15. The number of hydrogen-bond donors (Lipinski definition) is 2. The molecule has 0 radical (unpaired) electrons. The Hall–Kier alpha value is -0.810. The summed E-state index contributed by atoms with van der Waals surface area (Å²) in [7, 11) is 0. The van der Waals surface area contributed by atoms with Gasteiger partial charge in [0.1, 0.15) is 0 Å². The largest absolute Gasteiger partial charge is 0.444 e. The van der Waals surface area contributed by atoms with Crippen LogP contribution in [0.5, 0.6) is 0 Å². The maximum atomic E-state index is 11.7.